The molecule has 0 bridgehead atoms. The summed E-state index contributed by atoms with van der Waals surface area (Å²) in [6.45, 7) is 4.12. The number of alkyl halides is 1. The van der Waals surface area contributed by atoms with Crippen LogP contribution in [0.15, 0.2) is 18.3 Å². The van der Waals surface area contributed by atoms with Gasteiger partial charge in [0.1, 0.15) is 0 Å². The Kier molecular flexibility index (Phi) is 3.97. The monoisotopic (exact) mass is 195 g/mol. The van der Waals surface area contributed by atoms with Gasteiger partial charge in [-0.15, -0.1) is 11.6 Å². The van der Waals surface area contributed by atoms with Crippen LogP contribution in [0.5, 0.6) is 0 Å². The molecule has 0 fully saturated rings. The van der Waals surface area contributed by atoms with Crippen LogP contribution < -0.4 is 0 Å². The number of pyridine rings is 1. The van der Waals surface area contributed by atoms with E-state index in [2.05, 4.69) is 24.1 Å². The van der Waals surface area contributed by atoms with Gasteiger partial charge in [0.05, 0.1) is 5.69 Å². The molecule has 0 atom stereocenters. The number of allylic oxidation sites excluding steroid dienone is 1. The van der Waals surface area contributed by atoms with Gasteiger partial charge in [0, 0.05) is 12.1 Å². The lowest BCUT2D eigenvalue weighted by Crippen LogP contribution is -1.87. The van der Waals surface area contributed by atoms with Crippen molar-refractivity contribution in [3.8, 4) is 0 Å². The quantitative estimate of drug-likeness (QED) is 0.675. The van der Waals surface area contributed by atoms with E-state index in [1.807, 2.05) is 19.2 Å². The molecule has 0 amide bonds. The summed E-state index contributed by atoms with van der Waals surface area (Å²) >= 11 is 5.56. The molecule has 0 saturated carbocycles. The van der Waals surface area contributed by atoms with Crippen molar-refractivity contribution in [1.29, 1.82) is 0 Å². The highest BCUT2D eigenvalue weighted by atomic mass is 35.5. The second-order valence-corrected chi connectivity index (χ2v) is 3.47. The van der Waals surface area contributed by atoms with E-state index in [0.717, 1.165) is 12.1 Å². The molecule has 1 heterocycles. The molecular formula is C11H14ClN. The van der Waals surface area contributed by atoms with Gasteiger partial charge in [-0.3, -0.25) is 4.98 Å². The van der Waals surface area contributed by atoms with Crippen LogP contribution in [0, 0.1) is 13.8 Å². The Bertz CT molecular complexity index is 305. The molecule has 0 aliphatic heterocycles. The summed E-state index contributed by atoms with van der Waals surface area (Å²) in [5, 5.41) is 0. The van der Waals surface area contributed by atoms with E-state index < -0.39 is 0 Å². The van der Waals surface area contributed by atoms with Gasteiger partial charge in [0.25, 0.3) is 0 Å². The molecule has 70 valence electrons. The Hall–Kier alpha value is -0.820. The summed E-state index contributed by atoms with van der Waals surface area (Å²) in [6, 6.07) is 2.13. The summed E-state index contributed by atoms with van der Waals surface area (Å²) in [6.07, 6.45) is 6.86. The van der Waals surface area contributed by atoms with Crippen LogP contribution in [0.1, 0.15) is 23.2 Å². The van der Waals surface area contributed by atoms with Gasteiger partial charge >= 0.3 is 0 Å². The number of aryl methyl sites for hydroxylation is 2. The molecule has 1 nitrogen and oxygen atoms in total. The van der Waals surface area contributed by atoms with Crippen LogP contribution in [-0.4, -0.2) is 10.9 Å². The minimum atomic E-state index is 0.668. The summed E-state index contributed by atoms with van der Waals surface area (Å²) in [5.41, 5.74) is 3.45. The van der Waals surface area contributed by atoms with Crippen LogP contribution in [-0.2, 0) is 0 Å². The number of halogens is 1. The van der Waals surface area contributed by atoms with E-state index in [1.54, 1.807) is 0 Å². The van der Waals surface area contributed by atoms with Crippen LogP contribution in [0.2, 0.25) is 0 Å². The van der Waals surface area contributed by atoms with E-state index in [9.17, 15) is 0 Å². The zero-order chi connectivity index (χ0) is 9.68. The van der Waals surface area contributed by atoms with Crippen molar-refractivity contribution in [2.45, 2.75) is 20.3 Å². The minimum absolute atomic E-state index is 0.668. The van der Waals surface area contributed by atoms with Crippen molar-refractivity contribution in [1.82, 2.24) is 4.98 Å². The first-order valence-corrected chi connectivity index (χ1v) is 4.93. The van der Waals surface area contributed by atoms with Crippen LogP contribution in [0.25, 0.3) is 6.08 Å². The van der Waals surface area contributed by atoms with Gasteiger partial charge in [-0.05, 0) is 37.5 Å². The molecule has 1 rings (SSSR count). The average molecular weight is 196 g/mol. The fraction of sp³-hybridized carbons (Fsp3) is 0.364. The molecule has 2 heteroatoms. The summed E-state index contributed by atoms with van der Waals surface area (Å²) < 4.78 is 0. The standard InChI is InChI=1S/C11H14ClN/c1-9-7-10(2)11(13-8-9)5-3-4-6-12/h3,5,7-8H,4,6H2,1-2H3. The van der Waals surface area contributed by atoms with E-state index in [4.69, 9.17) is 11.6 Å². The number of nitrogens with zero attached hydrogens (tertiary/aromatic N) is 1. The van der Waals surface area contributed by atoms with Gasteiger partial charge in [0.15, 0.2) is 0 Å². The average Bonchev–Trinajstić information content (AvgIpc) is 2.09. The Morgan fingerprint density at radius 1 is 1.46 bits per heavy atom. The van der Waals surface area contributed by atoms with E-state index in [1.165, 1.54) is 11.1 Å². The first-order chi connectivity index (χ1) is 6.24. The zero-order valence-corrected chi connectivity index (χ0v) is 8.80. The third-order valence-corrected chi connectivity index (χ3v) is 2.03. The molecule has 0 aliphatic carbocycles. The first kappa shape index (κ1) is 10.3. The number of rotatable bonds is 3. The Morgan fingerprint density at radius 2 is 2.23 bits per heavy atom. The van der Waals surface area contributed by atoms with Crippen LogP contribution >= 0.6 is 11.6 Å². The molecule has 0 aromatic carbocycles. The third kappa shape index (κ3) is 3.19. The fourth-order valence-electron chi connectivity index (χ4n) is 1.16. The maximum Gasteiger partial charge on any atom is 0.0655 e. The predicted molar refractivity (Wildman–Crippen MR) is 58.1 cm³/mol. The van der Waals surface area contributed by atoms with Crippen molar-refractivity contribution in [2.75, 3.05) is 5.88 Å². The maximum atomic E-state index is 5.56. The maximum absolute atomic E-state index is 5.56. The highest BCUT2D eigenvalue weighted by Crippen LogP contribution is 2.08. The minimum Gasteiger partial charge on any atom is -0.256 e. The van der Waals surface area contributed by atoms with E-state index >= 15 is 0 Å². The zero-order valence-electron chi connectivity index (χ0n) is 8.05. The normalized spacial score (nSPS) is 11.0. The number of hydrogen-bond acceptors (Lipinski definition) is 1. The molecule has 0 spiro atoms. The summed E-state index contributed by atoms with van der Waals surface area (Å²) in [4.78, 5) is 4.32. The second kappa shape index (κ2) is 5.03. The van der Waals surface area contributed by atoms with Gasteiger partial charge in [-0.25, -0.2) is 0 Å². The molecule has 13 heavy (non-hydrogen) atoms. The smallest absolute Gasteiger partial charge is 0.0655 e. The van der Waals surface area contributed by atoms with Crippen molar-refractivity contribution < 1.29 is 0 Å². The molecule has 0 aliphatic rings. The van der Waals surface area contributed by atoms with Crippen molar-refractivity contribution in [3.05, 3.63) is 35.2 Å². The Morgan fingerprint density at radius 3 is 2.85 bits per heavy atom. The third-order valence-electron chi connectivity index (χ3n) is 1.81. The molecule has 0 radical (unpaired) electrons. The summed E-state index contributed by atoms with van der Waals surface area (Å²) in [7, 11) is 0. The van der Waals surface area contributed by atoms with Crippen molar-refractivity contribution in [2.24, 2.45) is 0 Å². The van der Waals surface area contributed by atoms with Crippen LogP contribution in [0.3, 0.4) is 0 Å². The van der Waals surface area contributed by atoms with Gasteiger partial charge < -0.3 is 0 Å². The van der Waals surface area contributed by atoms with Gasteiger partial charge in [0.2, 0.25) is 0 Å². The first-order valence-electron chi connectivity index (χ1n) is 4.40. The Labute approximate surface area is 84.5 Å². The van der Waals surface area contributed by atoms with Crippen LogP contribution in [0.4, 0.5) is 0 Å². The lowest BCUT2D eigenvalue weighted by atomic mass is 10.1. The molecule has 1 aromatic rings. The van der Waals surface area contributed by atoms with Gasteiger partial charge in [-0.2, -0.15) is 0 Å². The molecular weight excluding hydrogens is 182 g/mol. The van der Waals surface area contributed by atoms with E-state index in [-0.39, 0.29) is 0 Å². The summed E-state index contributed by atoms with van der Waals surface area (Å²) in [5.74, 6) is 0.668. The van der Waals surface area contributed by atoms with Gasteiger partial charge in [-0.1, -0.05) is 12.1 Å². The number of aromatic nitrogens is 1. The molecule has 1 aromatic heterocycles. The fourth-order valence-corrected chi connectivity index (χ4v) is 1.28. The lowest BCUT2D eigenvalue weighted by molar-refractivity contribution is 1.18. The topological polar surface area (TPSA) is 12.9 Å². The SMILES string of the molecule is Cc1cnc(C=CCCCl)c(C)c1. The molecule has 0 unspecified atom stereocenters. The Balaban J connectivity index is 2.77. The largest absolute Gasteiger partial charge is 0.256 e. The molecule has 0 saturated heterocycles. The number of hydrogen-bond donors (Lipinski definition) is 0. The predicted octanol–water partition coefficient (Wildman–Crippen LogP) is 3.34. The second-order valence-electron chi connectivity index (χ2n) is 3.09. The highest BCUT2D eigenvalue weighted by molar-refractivity contribution is 6.17. The van der Waals surface area contributed by atoms with Crippen molar-refractivity contribution in [3.63, 3.8) is 0 Å². The van der Waals surface area contributed by atoms with E-state index in [0.29, 0.717) is 5.88 Å². The lowest BCUT2D eigenvalue weighted by Gasteiger charge is -1.99. The molecule has 0 N–H and O–H groups in total. The van der Waals surface area contributed by atoms with Crippen molar-refractivity contribution >= 4 is 17.7 Å². The highest BCUT2D eigenvalue weighted by Gasteiger charge is 1.94.